The van der Waals surface area contributed by atoms with E-state index < -0.39 is 11.9 Å². The van der Waals surface area contributed by atoms with Crippen LogP contribution in [0.1, 0.15) is 4.88 Å². The average molecular weight is 445 g/mol. The second-order valence-electron chi connectivity index (χ2n) is 6.21. The summed E-state index contributed by atoms with van der Waals surface area (Å²) in [5.74, 6) is -1.60. The first-order valence-corrected chi connectivity index (χ1v) is 10.7. The van der Waals surface area contributed by atoms with Gasteiger partial charge in [-0.3, -0.25) is 14.4 Å². The molecule has 0 aliphatic carbocycles. The van der Waals surface area contributed by atoms with Crippen LogP contribution in [-0.4, -0.2) is 55.0 Å². The van der Waals surface area contributed by atoms with Crippen molar-refractivity contribution in [3.8, 4) is 21.1 Å². The van der Waals surface area contributed by atoms with Gasteiger partial charge in [-0.2, -0.15) is 0 Å². The van der Waals surface area contributed by atoms with Crippen molar-refractivity contribution in [1.82, 2.24) is 9.88 Å². The van der Waals surface area contributed by atoms with Gasteiger partial charge in [0.25, 0.3) is 0 Å². The van der Waals surface area contributed by atoms with E-state index in [0.717, 1.165) is 30.9 Å². The Morgan fingerprint density at radius 2 is 1.63 bits per heavy atom. The van der Waals surface area contributed by atoms with Gasteiger partial charge in [0, 0.05) is 10.4 Å². The SMILES string of the molecule is COC(=O)CN(CC(=O)OC)C(=O)Cc1sc(-c2ccccc2)nc1-c1cccs1. The normalized spacial score (nSPS) is 10.5. The Labute approximate surface area is 181 Å². The highest BCUT2D eigenvalue weighted by molar-refractivity contribution is 7.17. The topological polar surface area (TPSA) is 85.8 Å². The number of rotatable bonds is 8. The minimum Gasteiger partial charge on any atom is -0.468 e. The molecule has 0 spiro atoms. The summed E-state index contributed by atoms with van der Waals surface area (Å²) in [5, 5.41) is 2.75. The monoisotopic (exact) mass is 444 g/mol. The van der Waals surface area contributed by atoms with Crippen LogP contribution in [0.2, 0.25) is 0 Å². The van der Waals surface area contributed by atoms with E-state index in [9.17, 15) is 14.4 Å². The maximum atomic E-state index is 13.0. The van der Waals surface area contributed by atoms with Crippen LogP contribution in [0.4, 0.5) is 0 Å². The van der Waals surface area contributed by atoms with Crippen molar-refractivity contribution < 1.29 is 23.9 Å². The molecule has 2 heterocycles. The van der Waals surface area contributed by atoms with Crippen molar-refractivity contribution in [1.29, 1.82) is 0 Å². The highest BCUT2D eigenvalue weighted by Gasteiger charge is 2.24. The molecule has 3 rings (SSSR count). The predicted octanol–water partition coefficient (Wildman–Crippen LogP) is 3.26. The summed E-state index contributed by atoms with van der Waals surface area (Å²) in [5.41, 5.74) is 1.69. The van der Waals surface area contributed by atoms with Gasteiger partial charge in [0.05, 0.1) is 31.2 Å². The van der Waals surface area contributed by atoms with Crippen molar-refractivity contribution in [3.05, 3.63) is 52.7 Å². The number of carbonyl (C=O) groups is 3. The quantitative estimate of drug-likeness (QED) is 0.496. The fourth-order valence-corrected chi connectivity index (χ4v) is 4.58. The molecule has 0 aliphatic heterocycles. The Morgan fingerprint density at radius 3 is 2.20 bits per heavy atom. The molecule has 0 saturated heterocycles. The summed E-state index contributed by atoms with van der Waals surface area (Å²) in [6, 6.07) is 13.6. The van der Waals surface area contributed by atoms with Gasteiger partial charge >= 0.3 is 11.9 Å². The number of amides is 1. The molecule has 0 radical (unpaired) electrons. The Balaban J connectivity index is 1.91. The van der Waals surface area contributed by atoms with E-state index in [4.69, 9.17) is 4.98 Å². The molecular formula is C21H20N2O5S2. The minimum atomic E-state index is -0.611. The number of benzene rings is 1. The molecule has 1 amide bonds. The predicted molar refractivity (Wildman–Crippen MR) is 115 cm³/mol. The van der Waals surface area contributed by atoms with Gasteiger partial charge in [-0.25, -0.2) is 4.98 Å². The first-order valence-electron chi connectivity index (χ1n) is 9.02. The molecule has 0 unspecified atom stereocenters. The number of esters is 2. The molecule has 0 bridgehead atoms. The van der Waals surface area contributed by atoms with Crippen LogP contribution in [0.25, 0.3) is 21.1 Å². The lowest BCUT2D eigenvalue weighted by Gasteiger charge is -2.20. The number of thiazole rings is 1. The van der Waals surface area contributed by atoms with Crippen molar-refractivity contribution in [2.24, 2.45) is 0 Å². The Hall–Kier alpha value is -3.04. The summed E-state index contributed by atoms with van der Waals surface area (Å²) in [6.45, 7) is -0.660. The highest BCUT2D eigenvalue weighted by Crippen LogP contribution is 2.36. The van der Waals surface area contributed by atoms with Gasteiger partial charge in [0.15, 0.2) is 0 Å². The number of ether oxygens (including phenoxy) is 2. The van der Waals surface area contributed by atoms with Crippen molar-refractivity contribution in [3.63, 3.8) is 0 Å². The van der Waals surface area contributed by atoms with E-state index in [1.54, 1.807) is 0 Å². The largest absolute Gasteiger partial charge is 0.468 e. The van der Waals surface area contributed by atoms with Crippen LogP contribution in [-0.2, 0) is 30.3 Å². The maximum absolute atomic E-state index is 13.0. The molecule has 2 aromatic heterocycles. The van der Waals surface area contributed by atoms with Gasteiger partial charge in [-0.15, -0.1) is 22.7 Å². The molecule has 7 nitrogen and oxygen atoms in total. The smallest absolute Gasteiger partial charge is 0.325 e. The maximum Gasteiger partial charge on any atom is 0.325 e. The molecule has 30 heavy (non-hydrogen) atoms. The first kappa shape index (κ1) is 21.7. The van der Waals surface area contributed by atoms with Gasteiger partial charge in [0.1, 0.15) is 18.1 Å². The number of aromatic nitrogens is 1. The van der Waals surface area contributed by atoms with E-state index in [0.29, 0.717) is 0 Å². The fourth-order valence-electron chi connectivity index (χ4n) is 2.70. The van der Waals surface area contributed by atoms with E-state index in [2.05, 4.69) is 9.47 Å². The number of carbonyl (C=O) groups excluding carboxylic acids is 3. The zero-order valence-corrected chi connectivity index (χ0v) is 18.1. The summed E-state index contributed by atoms with van der Waals surface area (Å²) in [6.07, 6.45) is 0.00568. The van der Waals surface area contributed by atoms with E-state index in [1.165, 1.54) is 36.9 Å². The molecule has 0 aliphatic rings. The van der Waals surface area contributed by atoms with Crippen LogP contribution in [0.15, 0.2) is 47.8 Å². The lowest BCUT2D eigenvalue weighted by Crippen LogP contribution is -2.41. The van der Waals surface area contributed by atoms with E-state index in [-0.39, 0.29) is 25.4 Å². The second kappa shape index (κ2) is 10.1. The zero-order chi connectivity index (χ0) is 21.5. The molecule has 0 fully saturated rings. The third-order valence-electron chi connectivity index (χ3n) is 4.23. The van der Waals surface area contributed by atoms with E-state index >= 15 is 0 Å². The van der Waals surface area contributed by atoms with Crippen molar-refractivity contribution >= 4 is 40.5 Å². The summed E-state index contributed by atoms with van der Waals surface area (Å²) in [4.78, 5) is 44.0. The Morgan fingerprint density at radius 1 is 0.967 bits per heavy atom. The summed E-state index contributed by atoms with van der Waals surface area (Å²) >= 11 is 2.96. The van der Waals surface area contributed by atoms with Gasteiger partial charge < -0.3 is 14.4 Å². The molecule has 0 saturated carbocycles. The third kappa shape index (κ3) is 5.31. The van der Waals surface area contributed by atoms with Crippen LogP contribution in [0, 0.1) is 0 Å². The van der Waals surface area contributed by atoms with Gasteiger partial charge in [0.2, 0.25) is 5.91 Å². The van der Waals surface area contributed by atoms with Crippen LogP contribution >= 0.6 is 22.7 Å². The molecule has 1 aromatic carbocycles. The fraction of sp³-hybridized carbons (Fsp3) is 0.238. The van der Waals surface area contributed by atoms with Gasteiger partial charge in [-0.1, -0.05) is 36.4 Å². The molecular weight excluding hydrogens is 424 g/mol. The molecule has 3 aromatic rings. The first-order chi connectivity index (χ1) is 14.5. The summed E-state index contributed by atoms with van der Waals surface area (Å²) in [7, 11) is 2.46. The molecule has 156 valence electrons. The molecule has 0 atom stereocenters. The van der Waals surface area contributed by atoms with Crippen LogP contribution < -0.4 is 0 Å². The van der Waals surface area contributed by atoms with Crippen molar-refractivity contribution in [2.75, 3.05) is 27.3 Å². The number of nitrogens with zero attached hydrogens (tertiary/aromatic N) is 2. The zero-order valence-electron chi connectivity index (χ0n) is 16.5. The molecule has 0 N–H and O–H groups in total. The van der Waals surface area contributed by atoms with Crippen molar-refractivity contribution in [2.45, 2.75) is 6.42 Å². The lowest BCUT2D eigenvalue weighted by molar-refractivity contribution is -0.151. The lowest BCUT2D eigenvalue weighted by atomic mass is 10.2. The summed E-state index contributed by atoms with van der Waals surface area (Å²) < 4.78 is 9.30. The Kier molecular flexibility index (Phi) is 7.31. The number of hydrogen-bond donors (Lipinski definition) is 0. The number of hydrogen-bond acceptors (Lipinski definition) is 8. The number of thiophene rings is 1. The van der Waals surface area contributed by atoms with E-state index in [1.807, 2.05) is 47.8 Å². The van der Waals surface area contributed by atoms with Crippen LogP contribution in [0.5, 0.6) is 0 Å². The Bertz CT molecular complexity index is 997. The minimum absolute atomic E-state index is 0.00568. The second-order valence-corrected chi connectivity index (χ2v) is 8.24. The third-order valence-corrected chi connectivity index (χ3v) is 6.21. The number of methoxy groups -OCH3 is 2. The highest BCUT2D eigenvalue weighted by atomic mass is 32.1. The standard InChI is InChI=1S/C21H20N2O5S2/c1-27-18(25)12-23(13-19(26)28-2)17(24)11-16-20(15-9-6-10-29-15)22-21(30-16)14-7-4-3-5-8-14/h3-10H,11-13H2,1-2H3. The van der Waals surface area contributed by atoms with Crippen LogP contribution in [0.3, 0.4) is 0 Å². The average Bonchev–Trinajstić information content (AvgIpc) is 3.43. The van der Waals surface area contributed by atoms with Gasteiger partial charge in [-0.05, 0) is 11.4 Å². The molecule has 9 heteroatoms.